The Morgan fingerprint density at radius 3 is 2.36 bits per heavy atom. The molecule has 0 aromatic carbocycles. The third kappa shape index (κ3) is 1.69. The molecule has 0 bridgehead atoms. The maximum Gasteiger partial charge on any atom is 0.192 e. The first-order chi connectivity index (χ1) is 5.11. The first kappa shape index (κ1) is 8.89. The summed E-state index contributed by atoms with van der Waals surface area (Å²) in [4.78, 5) is 0. The smallest absolute Gasteiger partial charge is 0.192 e. The Labute approximate surface area is 63.8 Å². The molecule has 1 heterocycles. The van der Waals surface area contributed by atoms with Gasteiger partial charge < -0.3 is 25.2 Å². The minimum Gasteiger partial charge on any atom is -0.394 e. The Bertz CT molecular complexity index is 139. The number of aliphatic hydroxyl groups excluding tert-OH is 3. The van der Waals surface area contributed by atoms with E-state index in [4.69, 9.17) is 20.1 Å². The fourth-order valence-corrected chi connectivity index (χ4v) is 1.13. The minimum atomic E-state index is -1.67. The molecule has 4 N–H and O–H groups in total. The molecule has 11 heavy (non-hydrogen) atoms. The summed E-state index contributed by atoms with van der Waals surface area (Å²) in [6.07, 6.45) is -1.75. The Balaban J connectivity index is 2.55. The van der Waals surface area contributed by atoms with Gasteiger partial charge in [-0.15, -0.1) is 0 Å². The van der Waals surface area contributed by atoms with E-state index >= 15 is 0 Å². The van der Waals surface area contributed by atoms with E-state index in [0.717, 1.165) is 0 Å². The lowest BCUT2D eigenvalue weighted by Crippen LogP contribution is -2.33. The van der Waals surface area contributed by atoms with Crippen molar-refractivity contribution in [2.45, 2.75) is 24.4 Å². The van der Waals surface area contributed by atoms with Gasteiger partial charge in [0.05, 0.1) is 19.3 Å². The predicted molar refractivity (Wildman–Crippen MR) is 34.6 cm³/mol. The highest BCUT2D eigenvalue weighted by Gasteiger charge is 2.43. The van der Waals surface area contributed by atoms with Gasteiger partial charge in [0, 0.05) is 6.42 Å². The molecule has 1 fully saturated rings. The largest absolute Gasteiger partial charge is 0.394 e. The molecule has 0 spiro atoms. The molecule has 5 heteroatoms. The van der Waals surface area contributed by atoms with Crippen LogP contribution in [0.2, 0.25) is 0 Å². The quantitative estimate of drug-likeness (QED) is 0.372. The second-order valence-corrected chi connectivity index (χ2v) is 2.71. The zero-order valence-corrected chi connectivity index (χ0v) is 5.97. The summed E-state index contributed by atoms with van der Waals surface area (Å²) in [6.45, 7) is -0.927. The SMILES string of the molecule is OC[C@H]1OC(O)(CO)CC1O. The van der Waals surface area contributed by atoms with Crippen molar-refractivity contribution in [1.29, 1.82) is 0 Å². The second-order valence-electron chi connectivity index (χ2n) is 2.71. The van der Waals surface area contributed by atoms with Crippen molar-refractivity contribution in [3.05, 3.63) is 0 Å². The third-order valence-electron chi connectivity index (χ3n) is 1.76. The van der Waals surface area contributed by atoms with Crippen LogP contribution >= 0.6 is 0 Å². The number of hydrogen-bond acceptors (Lipinski definition) is 5. The monoisotopic (exact) mass is 164 g/mol. The lowest BCUT2D eigenvalue weighted by molar-refractivity contribution is -0.217. The molecule has 2 unspecified atom stereocenters. The van der Waals surface area contributed by atoms with Crippen LogP contribution in [0.1, 0.15) is 6.42 Å². The molecule has 0 aromatic heterocycles. The highest BCUT2D eigenvalue weighted by molar-refractivity contribution is 4.85. The van der Waals surface area contributed by atoms with E-state index in [9.17, 15) is 5.11 Å². The van der Waals surface area contributed by atoms with Crippen LogP contribution in [-0.2, 0) is 4.74 Å². The van der Waals surface area contributed by atoms with E-state index in [1.807, 2.05) is 0 Å². The molecule has 0 amide bonds. The average Bonchev–Trinajstić information content (AvgIpc) is 2.27. The molecule has 66 valence electrons. The molecule has 0 radical (unpaired) electrons. The van der Waals surface area contributed by atoms with Crippen molar-refractivity contribution in [2.24, 2.45) is 0 Å². The number of ether oxygens (including phenoxy) is 1. The van der Waals surface area contributed by atoms with E-state index in [2.05, 4.69) is 0 Å². The van der Waals surface area contributed by atoms with Crippen molar-refractivity contribution in [2.75, 3.05) is 13.2 Å². The fourth-order valence-electron chi connectivity index (χ4n) is 1.13. The van der Waals surface area contributed by atoms with Crippen molar-refractivity contribution in [3.63, 3.8) is 0 Å². The van der Waals surface area contributed by atoms with E-state index < -0.39 is 24.6 Å². The molecule has 1 saturated heterocycles. The van der Waals surface area contributed by atoms with Crippen LogP contribution in [0.25, 0.3) is 0 Å². The van der Waals surface area contributed by atoms with Crippen molar-refractivity contribution in [1.82, 2.24) is 0 Å². The number of aliphatic hydroxyl groups is 4. The van der Waals surface area contributed by atoms with Gasteiger partial charge in [0.2, 0.25) is 0 Å². The van der Waals surface area contributed by atoms with E-state index in [0.29, 0.717) is 0 Å². The highest BCUT2D eigenvalue weighted by atomic mass is 16.7. The maximum absolute atomic E-state index is 9.23. The predicted octanol–water partition coefficient (Wildman–Crippen LogP) is -2.19. The molecule has 1 aliphatic heterocycles. The Kier molecular flexibility index (Phi) is 2.46. The van der Waals surface area contributed by atoms with Gasteiger partial charge in [-0.1, -0.05) is 0 Å². The lowest BCUT2D eigenvalue weighted by Gasteiger charge is -2.18. The standard InChI is InChI=1S/C6H12O5/c7-2-5-4(9)1-6(10,3-8)11-5/h4-5,7-10H,1-3H2/t4?,5-,6?/m1/s1. The summed E-state index contributed by atoms with van der Waals surface area (Å²) in [5.74, 6) is -1.67. The highest BCUT2D eigenvalue weighted by Crippen LogP contribution is 2.27. The number of hydrogen-bond donors (Lipinski definition) is 4. The Hall–Kier alpha value is -0.200. The van der Waals surface area contributed by atoms with Gasteiger partial charge in [-0.2, -0.15) is 0 Å². The van der Waals surface area contributed by atoms with Gasteiger partial charge in [-0.3, -0.25) is 0 Å². The van der Waals surface area contributed by atoms with Gasteiger partial charge in [-0.25, -0.2) is 0 Å². The van der Waals surface area contributed by atoms with Gasteiger partial charge in [0.25, 0.3) is 0 Å². The van der Waals surface area contributed by atoms with Crippen LogP contribution in [0.3, 0.4) is 0 Å². The molecular formula is C6H12O5. The maximum atomic E-state index is 9.23. The van der Waals surface area contributed by atoms with Crippen LogP contribution in [-0.4, -0.2) is 51.6 Å². The number of rotatable bonds is 2. The summed E-state index contributed by atoms with van der Waals surface area (Å²) >= 11 is 0. The first-order valence-electron chi connectivity index (χ1n) is 3.41. The van der Waals surface area contributed by atoms with Crippen LogP contribution in [0.5, 0.6) is 0 Å². The molecule has 1 rings (SSSR count). The summed E-state index contributed by atoms with van der Waals surface area (Å²) in [7, 11) is 0. The van der Waals surface area contributed by atoms with E-state index in [1.54, 1.807) is 0 Å². The van der Waals surface area contributed by atoms with Crippen molar-refractivity contribution >= 4 is 0 Å². The average molecular weight is 164 g/mol. The summed E-state index contributed by atoms with van der Waals surface area (Å²) < 4.78 is 4.77. The molecule has 5 nitrogen and oxygen atoms in total. The topological polar surface area (TPSA) is 90.2 Å². The van der Waals surface area contributed by atoms with E-state index in [-0.39, 0.29) is 13.0 Å². The van der Waals surface area contributed by atoms with Gasteiger partial charge in [0.15, 0.2) is 5.79 Å². The minimum absolute atomic E-state index is 0.0608. The summed E-state index contributed by atoms with van der Waals surface area (Å²) in [5.41, 5.74) is 0. The van der Waals surface area contributed by atoms with Gasteiger partial charge >= 0.3 is 0 Å². The first-order valence-corrected chi connectivity index (χ1v) is 3.41. The van der Waals surface area contributed by atoms with Gasteiger partial charge in [-0.05, 0) is 0 Å². The molecular weight excluding hydrogens is 152 g/mol. The lowest BCUT2D eigenvalue weighted by atomic mass is 10.1. The summed E-state index contributed by atoms with van der Waals surface area (Å²) in [5, 5.41) is 35.5. The molecule has 0 aromatic rings. The molecule has 0 saturated carbocycles. The van der Waals surface area contributed by atoms with Crippen LogP contribution < -0.4 is 0 Å². The fraction of sp³-hybridized carbons (Fsp3) is 1.00. The zero-order chi connectivity index (χ0) is 8.48. The van der Waals surface area contributed by atoms with Crippen LogP contribution in [0, 0.1) is 0 Å². The second kappa shape index (κ2) is 3.04. The van der Waals surface area contributed by atoms with Crippen LogP contribution in [0.4, 0.5) is 0 Å². The molecule has 0 aliphatic carbocycles. The zero-order valence-electron chi connectivity index (χ0n) is 5.97. The van der Waals surface area contributed by atoms with Crippen molar-refractivity contribution in [3.8, 4) is 0 Å². The third-order valence-corrected chi connectivity index (χ3v) is 1.76. The van der Waals surface area contributed by atoms with Crippen LogP contribution in [0.15, 0.2) is 0 Å². The molecule has 3 atom stereocenters. The summed E-state index contributed by atoms with van der Waals surface area (Å²) in [6, 6.07) is 0. The molecule has 1 aliphatic rings. The van der Waals surface area contributed by atoms with Gasteiger partial charge in [0.1, 0.15) is 6.10 Å². The normalized spacial score (nSPS) is 44.7. The van der Waals surface area contributed by atoms with E-state index in [1.165, 1.54) is 0 Å². The Morgan fingerprint density at radius 1 is 1.45 bits per heavy atom. The Morgan fingerprint density at radius 2 is 2.09 bits per heavy atom. The van der Waals surface area contributed by atoms with Crippen molar-refractivity contribution < 1.29 is 25.2 Å².